The van der Waals surface area contributed by atoms with Crippen molar-refractivity contribution in [3.63, 3.8) is 0 Å². The number of carbonyl (C=O) groups excluding carboxylic acids is 1. The molecule has 0 saturated heterocycles. The number of nitrogens with one attached hydrogen (secondary N) is 1. The fourth-order valence-corrected chi connectivity index (χ4v) is 1.99. The zero-order valence-electron chi connectivity index (χ0n) is 12.7. The molecule has 0 aromatic rings. The lowest BCUT2D eigenvalue weighted by molar-refractivity contribution is -0.136. The van der Waals surface area contributed by atoms with Crippen LogP contribution in [0.2, 0.25) is 0 Å². The van der Waals surface area contributed by atoms with Crippen LogP contribution in [-0.4, -0.2) is 23.5 Å². The number of amides is 1. The standard InChI is InChI=1S/C15H29NO3.ClH/c1-2-3-4-5-6-7-8-9-10-11-14(17)16-13-12-15(18)19;/h2-13H2,1H3,(H,16,17)(H,18,19);1H. The van der Waals surface area contributed by atoms with Gasteiger partial charge >= 0.3 is 5.97 Å². The van der Waals surface area contributed by atoms with Gasteiger partial charge in [0.05, 0.1) is 6.42 Å². The minimum atomic E-state index is -0.872. The van der Waals surface area contributed by atoms with Crippen LogP contribution in [0.4, 0.5) is 0 Å². The molecule has 0 bridgehead atoms. The van der Waals surface area contributed by atoms with E-state index in [0.717, 1.165) is 12.8 Å². The fourth-order valence-electron chi connectivity index (χ4n) is 1.99. The maximum atomic E-state index is 11.3. The summed E-state index contributed by atoms with van der Waals surface area (Å²) in [6, 6.07) is 0. The van der Waals surface area contributed by atoms with Crippen LogP contribution in [0, 0.1) is 0 Å². The Balaban J connectivity index is 0. The number of hydrogen-bond donors (Lipinski definition) is 2. The van der Waals surface area contributed by atoms with Gasteiger partial charge < -0.3 is 10.4 Å². The Labute approximate surface area is 129 Å². The molecule has 0 fully saturated rings. The molecule has 0 aliphatic carbocycles. The van der Waals surface area contributed by atoms with E-state index in [2.05, 4.69) is 12.2 Å². The van der Waals surface area contributed by atoms with Crippen molar-refractivity contribution in [2.24, 2.45) is 0 Å². The predicted octanol–water partition coefficient (Wildman–Crippen LogP) is 3.92. The van der Waals surface area contributed by atoms with Gasteiger partial charge in [0.2, 0.25) is 5.91 Å². The first kappa shape index (κ1) is 21.5. The molecule has 0 atom stereocenters. The molecule has 0 rings (SSSR count). The number of carboxylic acid groups (broad SMARTS) is 1. The first-order valence-corrected chi connectivity index (χ1v) is 7.65. The molecule has 0 unspecified atom stereocenters. The molecule has 1 amide bonds. The molecular formula is C15H30ClNO3. The minimum Gasteiger partial charge on any atom is -0.481 e. The molecule has 120 valence electrons. The Morgan fingerprint density at radius 2 is 1.35 bits per heavy atom. The summed E-state index contributed by atoms with van der Waals surface area (Å²) in [6.07, 6.45) is 11.6. The van der Waals surface area contributed by atoms with Crippen LogP contribution in [0.5, 0.6) is 0 Å². The third kappa shape index (κ3) is 17.2. The van der Waals surface area contributed by atoms with Gasteiger partial charge in [0.25, 0.3) is 0 Å². The molecule has 2 N–H and O–H groups in total. The summed E-state index contributed by atoms with van der Waals surface area (Å²) in [6.45, 7) is 2.47. The summed E-state index contributed by atoms with van der Waals surface area (Å²) in [5.74, 6) is -0.896. The van der Waals surface area contributed by atoms with E-state index in [4.69, 9.17) is 5.11 Å². The number of rotatable bonds is 13. The van der Waals surface area contributed by atoms with Crippen molar-refractivity contribution in [2.45, 2.75) is 77.6 Å². The van der Waals surface area contributed by atoms with Gasteiger partial charge in [-0.1, -0.05) is 58.3 Å². The minimum absolute atomic E-state index is 0. The van der Waals surface area contributed by atoms with Gasteiger partial charge in [0.1, 0.15) is 0 Å². The van der Waals surface area contributed by atoms with Gasteiger partial charge in [-0.3, -0.25) is 9.59 Å². The number of halogens is 1. The Hall–Kier alpha value is -0.770. The lowest BCUT2D eigenvalue weighted by Crippen LogP contribution is -2.25. The summed E-state index contributed by atoms with van der Waals surface area (Å²) >= 11 is 0. The smallest absolute Gasteiger partial charge is 0.305 e. The second-order valence-corrected chi connectivity index (χ2v) is 5.07. The highest BCUT2D eigenvalue weighted by molar-refractivity contribution is 5.85. The maximum absolute atomic E-state index is 11.3. The predicted molar refractivity (Wildman–Crippen MR) is 84.4 cm³/mol. The number of unbranched alkanes of at least 4 members (excludes halogenated alkanes) is 8. The first-order chi connectivity index (χ1) is 9.16. The van der Waals surface area contributed by atoms with E-state index < -0.39 is 5.97 Å². The van der Waals surface area contributed by atoms with Crippen LogP contribution in [0.25, 0.3) is 0 Å². The van der Waals surface area contributed by atoms with Crippen LogP contribution in [0.15, 0.2) is 0 Å². The van der Waals surface area contributed by atoms with Gasteiger partial charge in [-0.05, 0) is 6.42 Å². The van der Waals surface area contributed by atoms with Crippen LogP contribution in [-0.2, 0) is 9.59 Å². The normalized spacial score (nSPS) is 9.85. The van der Waals surface area contributed by atoms with E-state index in [-0.39, 0.29) is 31.3 Å². The highest BCUT2D eigenvalue weighted by Gasteiger charge is 2.02. The average Bonchev–Trinajstić information content (AvgIpc) is 2.36. The zero-order chi connectivity index (χ0) is 14.3. The summed E-state index contributed by atoms with van der Waals surface area (Å²) < 4.78 is 0. The van der Waals surface area contributed by atoms with Crippen LogP contribution >= 0.6 is 12.4 Å². The van der Waals surface area contributed by atoms with Crippen molar-refractivity contribution in [2.75, 3.05) is 6.54 Å². The van der Waals surface area contributed by atoms with Crippen molar-refractivity contribution in [3.8, 4) is 0 Å². The molecule has 0 saturated carbocycles. The fraction of sp³-hybridized carbons (Fsp3) is 0.867. The SMILES string of the molecule is CCCCCCCCCCCC(=O)NCCC(=O)O.Cl. The molecule has 0 spiro atoms. The monoisotopic (exact) mass is 307 g/mol. The summed E-state index contributed by atoms with van der Waals surface area (Å²) in [5.41, 5.74) is 0. The second-order valence-electron chi connectivity index (χ2n) is 5.07. The Morgan fingerprint density at radius 1 is 0.850 bits per heavy atom. The van der Waals surface area contributed by atoms with Gasteiger partial charge in [0.15, 0.2) is 0 Å². The quantitative estimate of drug-likeness (QED) is 0.507. The van der Waals surface area contributed by atoms with Crippen molar-refractivity contribution >= 4 is 24.3 Å². The average molecular weight is 308 g/mol. The van der Waals surface area contributed by atoms with E-state index in [9.17, 15) is 9.59 Å². The van der Waals surface area contributed by atoms with Crippen molar-refractivity contribution in [1.82, 2.24) is 5.32 Å². The maximum Gasteiger partial charge on any atom is 0.305 e. The van der Waals surface area contributed by atoms with Gasteiger partial charge in [0, 0.05) is 13.0 Å². The molecule has 0 aromatic carbocycles. The van der Waals surface area contributed by atoms with E-state index >= 15 is 0 Å². The molecule has 0 heterocycles. The Kier molecular flexibility index (Phi) is 17.5. The molecular weight excluding hydrogens is 278 g/mol. The highest BCUT2D eigenvalue weighted by atomic mass is 35.5. The number of aliphatic carboxylic acids is 1. The topological polar surface area (TPSA) is 66.4 Å². The molecule has 0 aromatic heterocycles. The lowest BCUT2D eigenvalue weighted by Gasteiger charge is -2.04. The molecule has 20 heavy (non-hydrogen) atoms. The second kappa shape index (κ2) is 16.3. The van der Waals surface area contributed by atoms with E-state index in [0.29, 0.717) is 6.42 Å². The lowest BCUT2D eigenvalue weighted by atomic mass is 10.1. The third-order valence-corrected chi connectivity index (χ3v) is 3.17. The van der Waals surface area contributed by atoms with Crippen molar-refractivity contribution in [1.29, 1.82) is 0 Å². The first-order valence-electron chi connectivity index (χ1n) is 7.65. The summed E-state index contributed by atoms with van der Waals surface area (Å²) in [5, 5.41) is 11.0. The van der Waals surface area contributed by atoms with Crippen LogP contribution < -0.4 is 5.32 Å². The molecule has 0 aliphatic rings. The number of hydrogen-bond acceptors (Lipinski definition) is 2. The molecule has 5 heteroatoms. The largest absolute Gasteiger partial charge is 0.481 e. The van der Waals surface area contributed by atoms with Crippen LogP contribution in [0.3, 0.4) is 0 Å². The van der Waals surface area contributed by atoms with Crippen molar-refractivity contribution in [3.05, 3.63) is 0 Å². The molecule has 0 aliphatic heterocycles. The molecule has 4 nitrogen and oxygen atoms in total. The van der Waals surface area contributed by atoms with Gasteiger partial charge in [-0.15, -0.1) is 12.4 Å². The van der Waals surface area contributed by atoms with E-state index in [1.54, 1.807) is 0 Å². The zero-order valence-corrected chi connectivity index (χ0v) is 13.5. The van der Waals surface area contributed by atoms with Crippen molar-refractivity contribution < 1.29 is 14.7 Å². The Bertz CT molecular complexity index is 247. The summed E-state index contributed by atoms with van der Waals surface area (Å²) in [4.78, 5) is 21.6. The van der Waals surface area contributed by atoms with Gasteiger partial charge in [-0.25, -0.2) is 0 Å². The summed E-state index contributed by atoms with van der Waals surface area (Å²) in [7, 11) is 0. The van der Waals surface area contributed by atoms with Gasteiger partial charge in [-0.2, -0.15) is 0 Å². The van der Waals surface area contributed by atoms with E-state index in [1.165, 1.54) is 44.9 Å². The Morgan fingerprint density at radius 3 is 1.85 bits per heavy atom. The number of carboxylic acids is 1. The number of carbonyl (C=O) groups is 2. The highest BCUT2D eigenvalue weighted by Crippen LogP contribution is 2.10. The van der Waals surface area contributed by atoms with Crippen LogP contribution in [0.1, 0.15) is 77.6 Å². The third-order valence-electron chi connectivity index (χ3n) is 3.17. The molecule has 0 radical (unpaired) electrons. The van der Waals surface area contributed by atoms with E-state index in [1.807, 2.05) is 0 Å².